The summed E-state index contributed by atoms with van der Waals surface area (Å²) in [7, 11) is 0. The topological polar surface area (TPSA) is 34.9 Å². The predicted molar refractivity (Wildman–Crippen MR) is 89.2 cm³/mol. The van der Waals surface area contributed by atoms with Crippen molar-refractivity contribution in [2.45, 2.75) is 52.4 Å². The Kier molecular flexibility index (Phi) is 3.90. The first kappa shape index (κ1) is 15.0. The molecule has 0 fully saturated rings. The second-order valence-electron chi connectivity index (χ2n) is 6.77. The minimum atomic E-state index is -0.0111. The third-order valence-electron chi connectivity index (χ3n) is 4.86. The fourth-order valence-corrected chi connectivity index (χ4v) is 3.67. The van der Waals surface area contributed by atoms with E-state index in [0.29, 0.717) is 17.8 Å². The predicted octanol–water partition coefficient (Wildman–Crippen LogP) is 4.85. The van der Waals surface area contributed by atoms with Crippen LogP contribution in [0.1, 0.15) is 68.4 Å². The summed E-state index contributed by atoms with van der Waals surface area (Å²) in [5, 5.41) is 4.75. The maximum Gasteiger partial charge on any atom is 0.244 e. The van der Waals surface area contributed by atoms with Gasteiger partial charge in [0.25, 0.3) is 0 Å². The maximum atomic E-state index is 12.1. The van der Waals surface area contributed by atoms with Crippen LogP contribution in [0.3, 0.4) is 0 Å². The van der Waals surface area contributed by atoms with E-state index in [2.05, 4.69) is 32.9 Å². The van der Waals surface area contributed by atoms with Crippen molar-refractivity contribution in [3.05, 3.63) is 41.6 Å². The summed E-state index contributed by atoms with van der Waals surface area (Å²) in [6, 6.07) is 10.2. The Labute approximate surface area is 132 Å². The molecule has 1 aliphatic carbocycles. The lowest BCUT2D eigenvalue weighted by Gasteiger charge is -2.28. The zero-order valence-electron chi connectivity index (χ0n) is 13.8. The SMILES string of the molecule is CC(=O)n1nc2c(c1-c1ccccc1)[C@H](C)CC[C@@H]2C(C)C. The Bertz CT molecular complexity index is 685. The van der Waals surface area contributed by atoms with Crippen molar-refractivity contribution >= 4 is 5.91 Å². The molecule has 0 unspecified atom stereocenters. The molecule has 0 saturated carbocycles. The molecule has 1 aromatic carbocycles. The summed E-state index contributed by atoms with van der Waals surface area (Å²) in [4.78, 5) is 12.1. The zero-order chi connectivity index (χ0) is 15.9. The first-order valence-electron chi connectivity index (χ1n) is 8.19. The number of hydrogen-bond acceptors (Lipinski definition) is 2. The number of benzene rings is 1. The van der Waals surface area contributed by atoms with Crippen LogP contribution in [-0.2, 0) is 0 Å². The zero-order valence-corrected chi connectivity index (χ0v) is 13.8. The fourth-order valence-electron chi connectivity index (χ4n) is 3.67. The molecule has 3 heteroatoms. The van der Waals surface area contributed by atoms with Crippen molar-refractivity contribution in [3.8, 4) is 11.3 Å². The van der Waals surface area contributed by atoms with E-state index in [1.54, 1.807) is 11.6 Å². The van der Waals surface area contributed by atoms with Crippen LogP contribution in [0.25, 0.3) is 11.3 Å². The fraction of sp³-hybridized carbons (Fsp3) is 0.474. The molecule has 1 heterocycles. The van der Waals surface area contributed by atoms with Gasteiger partial charge in [-0.3, -0.25) is 4.79 Å². The average molecular weight is 296 g/mol. The van der Waals surface area contributed by atoms with E-state index in [-0.39, 0.29) is 5.91 Å². The van der Waals surface area contributed by atoms with Crippen LogP contribution in [0.15, 0.2) is 30.3 Å². The number of carbonyl (C=O) groups excluding carboxylic acids is 1. The molecular formula is C19H24N2O. The van der Waals surface area contributed by atoms with Crippen LogP contribution in [0.2, 0.25) is 0 Å². The summed E-state index contributed by atoms with van der Waals surface area (Å²) in [6.45, 7) is 8.35. The molecule has 0 bridgehead atoms. The first-order chi connectivity index (χ1) is 10.5. The van der Waals surface area contributed by atoms with Gasteiger partial charge in [-0.25, -0.2) is 0 Å². The normalized spacial score (nSPS) is 21.0. The Morgan fingerprint density at radius 2 is 1.91 bits per heavy atom. The number of rotatable bonds is 2. The molecular weight excluding hydrogens is 272 g/mol. The third-order valence-corrected chi connectivity index (χ3v) is 4.86. The monoisotopic (exact) mass is 296 g/mol. The second kappa shape index (κ2) is 5.71. The van der Waals surface area contributed by atoms with E-state index < -0.39 is 0 Å². The van der Waals surface area contributed by atoms with Gasteiger partial charge in [-0.1, -0.05) is 51.1 Å². The molecule has 2 aromatic rings. The van der Waals surface area contributed by atoms with Gasteiger partial charge in [0.15, 0.2) is 0 Å². The quantitative estimate of drug-likeness (QED) is 0.794. The smallest absolute Gasteiger partial charge is 0.244 e. The van der Waals surface area contributed by atoms with Gasteiger partial charge in [0, 0.05) is 24.0 Å². The summed E-state index contributed by atoms with van der Waals surface area (Å²) in [5.74, 6) is 1.44. The minimum absolute atomic E-state index is 0.0111. The lowest BCUT2D eigenvalue weighted by atomic mass is 9.75. The van der Waals surface area contributed by atoms with Crippen LogP contribution in [0, 0.1) is 5.92 Å². The highest BCUT2D eigenvalue weighted by Gasteiger charge is 2.34. The van der Waals surface area contributed by atoms with Crippen molar-refractivity contribution in [3.63, 3.8) is 0 Å². The summed E-state index contributed by atoms with van der Waals surface area (Å²) < 4.78 is 1.62. The van der Waals surface area contributed by atoms with E-state index in [9.17, 15) is 4.79 Å². The first-order valence-corrected chi connectivity index (χ1v) is 8.19. The molecule has 0 spiro atoms. The molecule has 3 rings (SSSR count). The molecule has 1 aliphatic rings. The molecule has 22 heavy (non-hydrogen) atoms. The number of nitrogens with zero attached hydrogens (tertiary/aromatic N) is 2. The second-order valence-corrected chi connectivity index (χ2v) is 6.77. The lowest BCUT2D eigenvalue weighted by Crippen LogP contribution is -2.16. The Hall–Kier alpha value is -1.90. The molecule has 0 N–H and O–H groups in total. The van der Waals surface area contributed by atoms with E-state index in [4.69, 9.17) is 5.10 Å². The van der Waals surface area contributed by atoms with E-state index in [1.165, 1.54) is 12.0 Å². The standard InChI is InChI=1S/C19H24N2O/c1-12(2)16-11-10-13(3)17-18(16)20-21(14(4)22)19(17)15-8-6-5-7-9-15/h5-9,12-13,16H,10-11H2,1-4H3/t13-,16-/m1/s1. The number of carbonyl (C=O) groups is 1. The molecule has 116 valence electrons. The van der Waals surface area contributed by atoms with Crippen LogP contribution in [0.5, 0.6) is 0 Å². The number of fused-ring (bicyclic) bond motifs is 1. The van der Waals surface area contributed by atoms with Crippen molar-refractivity contribution in [1.29, 1.82) is 0 Å². The Balaban J connectivity index is 2.27. The number of hydrogen-bond donors (Lipinski definition) is 0. The van der Waals surface area contributed by atoms with Gasteiger partial charge in [-0.05, 0) is 24.7 Å². The summed E-state index contributed by atoms with van der Waals surface area (Å²) in [6.07, 6.45) is 2.33. The molecule has 1 aromatic heterocycles. The van der Waals surface area contributed by atoms with Crippen LogP contribution in [0.4, 0.5) is 0 Å². The average Bonchev–Trinajstić information content (AvgIpc) is 2.89. The van der Waals surface area contributed by atoms with Gasteiger partial charge in [0.05, 0.1) is 11.4 Å². The molecule has 0 amide bonds. The van der Waals surface area contributed by atoms with Crippen LogP contribution < -0.4 is 0 Å². The lowest BCUT2D eigenvalue weighted by molar-refractivity contribution is 0.0922. The van der Waals surface area contributed by atoms with Gasteiger partial charge in [-0.15, -0.1) is 0 Å². The Morgan fingerprint density at radius 1 is 1.23 bits per heavy atom. The van der Waals surface area contributed by atoms with Gasteiger partial charge in [0.1, 0.15) is 0 Å². The Morgan fingerprint density at radius 3 is 2.50 bits per heavy atom. The van der Waals surface area contributed by atoms with Gasteiger partial charge in [-0.2, -0.15) is 9.78 Å². The van der Waals surface area contributed by atoms with Crippen molar-refractivity contribution < 1.29 is 4.79 Å². The van der Waals surface area contributed by atoms with E-state index in [1.807, 2.05) is 18.2 Å². The van der Waals surface area contributed by atoms with Crippen molar-refractivity contribution in [1.82, 2.24) is 9.78 Å². The highest BCUT2D eigenvalue weighted by molar-refractivity contribution is 5.83. The number of aromatic nitrogens is 2. The summed E-state index contributed by atoms with van der Waals surface area (Å²) in [5.41, 5.74) is 4.51. The van der Waals surface area contributed by atoms with Gasteiger partial charge < -0.3 is 0 Å². The summed E-state index contributed by atoms with van der Waals surface area (Å²) >= 11 is 0. The molecule has 2 atom stereocenters. The third kappa shape index (κ3) is 2.39. The van der Waals surface area contributed by atoms with Gasteiger partial charge in [0.2, 0.25) is 5.91 Å². The van der Waals surface area contributed by atoms with E-state index >= 15 is 0 Å². The van der Waals surface area contributed by atoms with Crippen molar-refractivity contribution in [2.24, 2.45) is 5.92 Å². The highest BCUT2D eigenvalue weighted by Crippen LogP contribution is 2.45. The maximum absolute atomic E-state index is 12.1. The minimum Gasteiger partial charge on any atom is -0.273 e. The highest BCUT2D eigenvalue weighted by atomic mass is 16.2. The van der Waals surface area contributed by atoms with Crippen LogP contribution >= 0.6 is 0 Å². The van der Waals surface area contributed by atoms with Crippen LogP contribution in [-0.4, -0.2) is 15.7 Å². The largest absolute Gasteiger partial charge is 0.273 e. The van der Waals surface area contributed by atoms with E-state index in [0.717, 1.165) is 23.4 Å². The molecule has 0 aliphatic heterocycles. The molecule has 3 nitrogen and oxygen atoms in total. The molecule has 0 saturated heterocycles. The van der Waals surface area contributed by atoms with Gasteiger partial charge >= 0.3 is 0 Å². The van der Waals surface area contributed by atoms with Crippen molar-refractivity contribution in [2.75, 3.05) is 0 Å². The molecule has 0 radical (unpaired) electrons.